The molecule has 208 valence electrons. The number of ether oxygens (including phenoxy) is 6. The molecule has 10 nitrogen and oxygen atoms in total. The molecule has 41 heavy (non-hydrogen) atoms. The van der Waals surface area contributed by atoms with Crippen molar-refractivity contribution in [2.24, 2.45) is 0 Å². The van der Waals surface area contributed by atoms with Crippen LogP contribution in [-0.4, -0.2) is 45.2 Å². The number of benzene rings is 3. The van der Waals surface area contributed by atoms with Gasteiger partial charge < -0.3 is 33.4 Å². The fraction of sp³-hybridized carbons (Fsp3) is 0.194. The van der Waals surface area contributed by atoms with Crippen molar-refractivity contribution in [1.82, 2.24) is 4.98 Å². The summed E-state index contributed by atoms with van der Waals surface area (Å²) in [7, 11) is 6.08. The molecule has 10 heteroatoms. The Labute approximate surface area is 234 Å². The molecule has 0 saturated carbocycles. The number of allylic oxidation sites excluding steroid dienone is 1. The van der Waals surface area contributed by atoms with Gasteiger partial charge in [0, 0.05) is 39.6 Å². The van der Waals surface area contributed by atoms with Gasteiger partial charge in [-0.15, -0.1) is 0 Å². The molecule has 6 rings (SSSR count). The third-order valence-electron chi connectivity index (χ3n) is 7.26. The van der Waals surface area contributed by atoms with Crippen molar-refractivity contribution in [2.45, 2.75) is 12.3 Å². The minimum Gasteiger partial charge on any atom is -0.497 e. The minimum atomic E-state index is -0.719. The van der Waals surface area contributed by atoms with E-state index in [9.17, 15) is 14.4 Å². The summed E-state index contributed by atoms with van der Waals surface area (Å²) in [6.07, 6.45) is 1.44. The summed E-state index contributed by atoms with van der Waals surface area (Å²) >= 11 is 0. The fourth-order valence-electron chi connectivity index (χ4n) is 5.27. The van der Waals surface area contributed by atoms with Crippen molar-refractivity contribution < 1.29 is 38.0 Å². The molecule has 1 unspecified atom stereocenters. The van der Waals surface area contributed by atoms with Crippen LogP contribution in [0.15, 0.2) is 59.1 Å². The van der Waals surface area contributed by atoms with E-state index in [4.69, 9.17) is 28.4 Å². The van der Waals surface area contributed by atoms with Crippen LogP contribution >= 0.6 is 0 Å². The van der Waals surface area contributed by atoms with Gasteiger partial charge in [-0.25, -0.2) is 0 Å². The Balaban J connectivity index is 1.48. The van der Waals surface area contributed by atoms with E-state index in [1.807, 2.05) is 0 Å². The summed E-state index contributed by atoms with van der Waals surface area (Å²) in [5.74, 6) is 0.882. The molecule has 3 aromatic carbocycles. The maximum atomic E-state index is 13.5. The zero-order valence-corrected chi connectivity index (χ0v) is 22.7. The third-order valence-corrected chi connectivity index (χ3v) is 7.26. The lowest BCUT2D eigenvalue weighted by Gasteiger charge is -2.26. The van der Waals surface area contributed by atoms with Crippen molar-refractivity contribution in [3.63, 3.8) is 0 Å². The molecule has 0 fully saturated rings. The number of esters is 1. The molecular weight excluding hydrogens is 530 g/mol. The maximum absolute atomic E-state index is 13.5. The van der Waals surface area contributed by atoms with E-state index in [1.165, 1.54) is 21.3 Å². The van der Waals surface area contributed by atoms with Crippen LogP contribution in [0.1, 0.15) is 39.4 Å². The number of H-pyrrole nitrogens is 1. The summed E-state index contributed by atoms with van der Waals surface area (Å²) in [6.45, 7) is 0. The number of pyridine rings is 1. The average Bonchev–Trinajstić information content (AvgIpc) is 3.30. The highest BCUT2D eigenvalue weighted by molar-refractivity contribution is 6.15. The summed E-state index contributed by atoms with van der Waals surface area (Å²) in [5.41, 5.74) is 1.87. The molecule has 0 saturated heterocycles. The van der Waals surface area contributed by atoms with Crippen LogP contribution in [0, 0.1) is 0 Å². The van der Waals surface area contributed by atoms with Crippen LogP contribution in [0.25, 0.3) is 17.0 Å². The topological polar surface area (TPSA) is 122 Å². The molecular formula is C31H25NO9. The Morgan fingerprint density at radius 2 is 1.59 bits per heavy atom. The van der Waals surface area contributed by atoms with E-state index in [0.717, 1.165) is 5.39 Å². The first-order valence-electron chi connectivity index (χ1n) is 12.7. The molecule has 2 aliphatic rings. The number of rotatable bonds is 6. The lowest BCUT2D eigenvalue weighted by molar-refractivity contribution is -0.135. The minimum absolute atomic E-state index is 0.0340. The molecule has 4 aromatic rings. The van der Waals surface area contributed by atoms with Crippen LogP contribution in [0.3, 0.4) is 0 Å². The lowest BCUT2D eigenvalue weighted by atomic mass is 9.85. The van der Waals surface area contributed by atoms with Gasteiger partial charge in [-0.1, -0.05) is 0 Å². The molecule has 0 aliphatic carbocycles. The molecule has 0 bridgehead atoms. The van der Waals surface area contributed by atoms with E-state index < -0.39 is 11.9 Å². The van der Waals surface area contributed by atoms with Crippen molar-refractivity contribution in [2.75, 3.05) is 28.4 Å². The Bertz CT molecular complexity index is 1840. The van der Waals surface area contributed by atoms with Crippen molar-refractivity contribution in [3.8, 4) is 34.5 Å². The Morgan fingerprint density at radius 1 is 0.829 bits per heavy atom. The first-order chi connectivity index (χ1) is 19.8. The van der Waals surface area contributed by atoms with Gasteiger partial charge in [0.2, 0.25) is 5.78 Å². The van der Waals surface area contributed by atoms with Gasteiger partial charge >= 0.3 is 5.97 Å². The largest absolute Gasteiger partial charge is 0.497 e. The smallest absolute Gasteiger partial charge is 0.312 e. The highest BCUT2D eigenvalue weighted by atomic mass is 16.5. The highest BCUT2D eigenvalue weighted by Crippen LogP contribution is 2.49. The number of hydrogen-bond acceptors (Lipinski definition) is 9. The molecule has 0 spiro atoms. The van der Waals surface area contributed by atoms with Gasteiger partial charge in [0.15, 0.2) is 17.3 Å². The predicted molar refractivity (Wildman–Crippen MR) is 149 cm³/mol. The zero-order valence-electron chi connectivity index (χ0n) is 22.7. The van der Waals surface area contributed by atoms with Crippen LogP contribution in [0.2, 0.25) is 0 Å². The van der Waals surface area contributed by atoms with Crippen LogP contribution < -0.4 is 34.0 Å². The Morgan fingerprint density at radius 3 is 2.32 bits per heavy atom. The quantitative estimate of drug-likeness (QED) is 0.206. The second-order valence-electron chi connectivity index (χ2n) is 9.48. The third kappa shape index (κ3) is 4.33. The number of carbonyl (C=O) groups is 2. The first kappa shape index (κ1) is 26.0. The number of aromatic nitrogens is 1. The van der Waals surface area contributed by atoms with E-state index in [-0.39, 0.29) is 40.6 Å². The molecule has 3 heterocycles. The van der Waals surface area contributed by atoms with E-state index in [0.29, 0.717) is 45.2 Å². The van der Waals surface area contributed by atoms with Crippen molar-refractivity contribution in [3.05, 3.63) is 86.9 Å². The Hall–Kier alpha value is -5.25. The summed E-state index contributed by atoms with van der Waals surface area (Å²) in [6, 6.07) is 13.4. The monoisotopic (exact) mass is 555 g/mol. The zero-order chi connectivity index (χ0) is 28.8. The number of fused-ring (bicyclic) bond motifs is 4. The molecule has 1 aromatic heterocycles. The second kappa shape index (κ2) is 10.1. The number of ketones is 1. The van der Waals surface area contributed by atoms with E-state index >= 15 is 0 Å². The fourth-order valence-corrected chi connectivity index (χ4v) is 5.27. The molecule has 0 radical (unpaired) electrons. The summed E-state index contributed by atoms with van der Waals surface area (Å²) in [4.78, 5) is 42.3. The van der Waals surface area contributed by atoms with Gasteiger partial charge in [-0.05, 0) is 48.5 Å². The number of hydrogen-bond donors (Lipinski definition) is 1. The molecule has 0 amide bonds. The lowest BCUT2D eigenvalue weighted by Crippen LogP contribution is -2.26. The number of nitrogens with one attached hydrogen (secondary N) is 1. The standard InChI is InChI=1S/C31H25NO9/c1-36-17-5-7-21-15(9-17)10-20(31(35)32-21)19-13-27(33)40-22-8-6-18-29(34)26(41-30(18)28(19)22)12-16-11-24(38-3)25(39-4)14-23(16)37-2/h5-12,14,19H,13H2,1-4H3,(H,32,35)/b26-12+. The summed E-state index contributed by atoms with van der Waals surface area (Å²) in [5, 5.41) is 0.727. The molecule has 1 N–H and O–H groups in total. The van der Waals surface area contributed by atoms with Crippen molar-refractivity contribution >= 4 is 28.7 Å². The predicted octanol–water partition coefficient (Wildman–Crippen LogP) is 4.62. The molecule has 2 aliphatic heterocycles. The normalized spacial score (nSPS) is 16.6. The van der Waals surface area contributed by atoms with Gasteiger partial charge in [-0.3, -0.25) is 14.4 Å². The van der Waals surface area contributed by atoms with Gasteiger partial charge in [0.1, 0.15) is 23.0 Å². The van der Waals surface area contributed by atoms with Crippen molar-refractivity contribution in [1.29, 1.82) is 0 Å². The molecule has 1 atom stereocenters. The van der Waals surface area contributed by atoms with E-state index in [1.54, 1.807) is 61.7 Å². The van der Waals surface area contributed by atoms with E-state index in [2.05, 4.69) is 4.98 Å². The summed E-state index contributed by atoms with van der Waals surface area (Å²) < 4.78 is 33.3. The Kier molecular flexibility index (Phi) is 6.37. The SMILES string of the molecule is COc1ccc2[nH]c(=O)c(C3CC(=O)Oc4ccc5c(c43)O/C(=C/c3cc(OC)c(OC)cc3OC)C5=O)cc2c1. The number of Topliss-reactive ketones (excluding diaryl/α,β-unsaturated/α-hetero) is 1. The van der Waals surface area contributed by atoms with Gasteiger partial charge in [0.25, 0.3) is 5.56 Å². The first-order valence-corrected chi connectivity index (χ1v) is 12.7. The second-order valence-corrected chi connectivity index (χ2v) is 9.48. The van der Waals surface area contributed by atoms with Gasteiger partial charge in [0.05, 0.1) is 40.4 Å². The number of aromatic amines is 1. The number of carbonyl (C=O) groups excluding carboxylic acids is 2. The maximum Gasteiger partial charge on any atom is 0.312 e. The van der Waals surface area contributed by atoms with Crippen LogP contribution in [0.5, 0.6) is 34.5 Å². The number of methoxy groups -OCH3 is 4. The van der Waals surface area contributed by atoms with Crippen LogP contribution in [0.4, 0.5) is 0 Å². The van der Waals surface area contributed by atoms with Crippen LogP contribution in [-0.2, 0) is 4.79 Å². The van der Waals surface area contributed by atoms with Gasteiger partial charge in [-0.2, -0.15) is 0 Å². The average molecular weight is 556 g/mol. The highest BCUT2D eigenvalue weighted by Gasteiger charge is 2.39.